The molecule has 0 aliphatic carbocycles. The maximum Gasteiger partial charge on any atom is 0.123 e. The zero-order valence-electron chi connectivity index (χ0n) is 9.18. The number of ether oxygens (including phenoxy) is 1. The maximum atomic E-state index is 10.1. The molecule has 1 rings (SSSR count). The van der Waals surface area contributed by atoms with Crippen LogP contribution in [-0.2, 0) is 4.74 Å². The normalized spacial score (nSPS) is 20.1. The van der Waals surface area contributed by atoms with Gasteiger partial charge in [-0.15, -0.1) is 0 Å². The second-order valence-electron chi connectivity index (χ2n) is 3.98. The molecule has 3 heteroatoms. The largest absolute Gasteiger partial charge is 0.495 e. The van der Waals surface area contributed by atoms with Gasteiger partial charge < -0.3 is 15.2 Å². The summed E-state index contributed by atoms with van der Waals surface area (Å²) in [5.41, 5.74) is -0.794. The third-order valence-corrected chi connectivity index (χ3v) is 2.45. The predicted octanol–water partition coefficient (Wildman–Crippen LogP) is 1.43. The molecule has 0 saturated carbocycles. The lowest BCUT2D eigenvalue weighted by Crippen LogP contribution is -2.32. The van der Waals surface area contributed by atoms with Crippen LogP contribution in [0.3, 0.4) is 0 Å². The second kappa shape index (κ2) is 5.37. The van der Waals surface area contributed by atoms with Crippen molar-refractivity contribution in [3.05, 3.63) is 11.8 Å². The zero-order valence-corrected chi connectivity index (χ0v) is 9.18. The molecule has 14 heavy (non-hydrogen) atoms. The summed E-state index contributed by atoms with van der Waals surface area (Å²) in [5, 5.41) is 13.4. The summed E-state index contributed by atoms with van der Waals surface area (Å²) >= 11 is 0. The number of rotatable bonds is 6. The summed E-state index contributed by atoms with van der Waals surface area (Å²) in [6.45, 7) is 6.51. The topological polar surface area (TPSA) is 41.5 Å². The smallest absolute Gasteiger partial charge is 0.123 e. The lowest BCUT2D eigenvalue weighted by Gasteiger charge is -2.24. The fourth-order valence-corrected chi connectivity index (χ4v) is 1.55. The highest BCUT2D eigenvalue weighted by Crippen LogP contribution is 2.25. The summed E-state index contributed by atoms with van der Waals surface area (Å²) < 4.78 is 5.36. The van der Waals surface area contributed by atoms with Crippen molar-refractivity contribution < 1.29 is 9.84 Å². The molecule has 82 valence electrons. The van der Waals surface area contributed by atoms with Crippen molar-refractivity contribution in [3.8, 4) is 0 Å². The predicted molar refractivity (Wildman–Crippen MR) is 57.1 cm³/mol. The van der Waals surface area contributed by atoms with Gasteiger partial charge in [0.1, 0.15) is 11.4 Å². The minimum absolute atomic E-state index is 0.707. The van der Waals surface area contributed by atoms with Crippen LogP contribution in [0.4, 0.5) is 0 Å². The first-order valence-electron chi connectivity index (χ1n) is 5.43. The van der Waals surface area contributed by atoms with Crippen LogP contribution in [0.25, 0.3) is 0 Å². The molecule has 1 aliphatic rings. The van der Waals surface area contributed by atoms with Crippen LogP contribution < -0.4 is 5.32 Å². The Morgan fingerprint density at radius 3 is 2.93 bits per heavy atom. The number of hydrogen-bond acceptors (Lipinski definition) is 3. The molecule has 0 fully saturated rings. The molecular weight excluding hydrogens is 178 g/mol. The molecule has 0 aromatic heterocycles. The fourth-order valence-electron chi connectivity index (χ4n) is 1.55. The van der Waals surface area contributed by atoms with E-state index in [2.05, 4.69) is 12.2 Å². The fraction of sp³-hybridized carbons (Fsp3) is 0.818. The van der Waals surface area contributed by atoms with E-state index in [1.165, 1.54) is 0 Å². The number of nitrogens with one attached hydrogen (secondary N) is 1. The molecule has 2 N–H and O–H groups in total. The standard InChI is InChI=1S/C11H21NO2/c1-3-7-12-8-6-11(2,13)10-5-4-9-14-10/h5,12-13H,3-4,6-9H2,1-2H3. The molecule has 1 unspecified atom stereocenters. The highest BCUT2D eigenvalue weighted by Gasteiger charge is 2.28. The van der Waals surface area contributed by atoms with E-state index in [0.717, 1.165) is 31.7 Å². The van der Waals surface area contributed by atoms with Gasteiger partial charge in [-0.1, -0.05) is 6.92 Å². The molecule has 0 radical (unpaired) electrons. The minimum Gasteiger partial charge on any atom is -0.495 e. The van der Waals surface area contributed by atoms with Gasteiger partial charge in [-0.3, -0.25) is 0 Å². The first-order valence-corrected chi connectivity index (χ1v) is 5.43. The van der Waals surface area contributed by atoms with Crippen LogP contribution >= 0.6 is 0 Å². The Bertz CT molecular complexity index is 199. The van der Waals surface area contributed by atoms with Gasteiger partial charge in [0.15, 0.2) is 0 Å². The van der Waals surface area contributed by atoms with Crippen LogP contribution in [0, 0.1) is 0 Å². The van der Waals surface area contributed by atoms with E-state index < -0.39 is 5.60 Å². The molecule has 1 heterocycles. The van der Waals surface area contributed by atoms with Crippen molar-refractivity contribution >= 4 is 0 Å². The van der Waals surface area contributed by atoms with Crippen LogP contribution in [0.1, 0.15) is 33.1 Å². The molecule has 1 aliphatic heterocycles. The highest BCUT2D eigenvalue weighted by atomic mass is 16.5. The van der Waals surface area contributed by atoms with E-state index >= 15 is 0 Å². The van der Waals surface area contributed by atoms with Crippen molar-refractivity contribution in [3.63, 3.8) is 0 Å². The van der Waals surface area contributed by atoms with Gasteiger partial charge in [-0.25, -0.2) is 0 Å². The third-order valence-electron chi connectivity index (χ3n) is 2.45. The molecule has 0 amide bonds. The average molecular weight is 199 g/mol. The van der Waals surface area contributed by atoms with Crippen LogP contribution in [-0.4, -0.2) is 30.4 Å². The van der Waals surface area contributed by atoms with Crippen LogP contribution in [0.15, 0.2) is 11.8 Å². The van der Waals surface area contributed by atoms with E-state index in [4.69, 9.17) is 4.74 Å². The Morgan fingerprint density at radius 2 is 2.36 bits per heavy atom. The lowest BCUT2D eigenvalue weighted by atomic mass is 9.99. The number of aliphatic hydroxyl groups is 1. The highest BCUT2D eigenvalue weighted by molar-refractivity contribution is 5.11. The average Bonchev–Trinajstić information content (AvgIpc) is 2.65. The molecule has 0 saturated heterocycles. The van der Waals surface area contributed by atoms with Gasteiger partial charge in [-0.05, 0) is 38.9 Å². The zero-order chi connectivity index (χ0) is 10.4. The van der Waals surface area contributed by atoms with E-state index in [1.54, 1.807) is 0 Å². The Balaban J connectivity index is 2.26. The molecule has 0 aromatic rings. The van der Waals surface area contributed by atoms with Gasteiger partial charge >= 0.3 is 0 Å². The van der Waals surface area contributed by atoms with Gasteiger partial charge in [0, 0.05) is 6.42 Å². The Hall–Kier alpha value is -0.540. The summed E-state index contributed by atoms with van der Waals surface area (Å²) in [6, 6.07) is 0. The quantitative estimate of drug-likeness (QED) is 0.636. The Morgan fingerprint density at radius 1 is 1.57 bits per heavy atom. The molecule has 0 spiro atoms. The molecular formula is C11H21NO2. The minimum atomic E-state index is -0.794. The van der Waals surface area contributed by atoms with E-state index in [9.17, 15) is 5.11 Å². The van der Waals surface area contributed by atoms with Gasteiger partial charge in [0.25, 0.3) is 0 Å². The molecule has 0 bridgehead atoms. The SMILES string of the molecule is CCCNCCC(C)(O)C1=CCCO1. The Labute approximate surface area is 86.2 Å². The summed E-state index contributed by atoms with van der Waals surface area (Å²) in [4.78, 5) is 0. The first kappa shape index (κ1) is 11.5. The summed E-state index contributed by atoms with van der Waals surface area (Å²) in [5.74, 6) is 0.746. The van der Waals surface area contributed by atoms with E-state index in [0.29, 0.717) is 13.0 Å². The van der Waals surface area contributed by atoms with Crippen molar-refractivity contribution in [2.75, 3.05) is 19.7 Å². The Kier molecular flexibility index (Phi) is 4.42. The maximum absolute atomic E-state index is 10.1. The monoisotopic (exact) mass is 199 g/mol. The number of hydrogen-bond donors (Lipinski definition) is 2. The van der Waals surface area contributed by atoms with Crippen molar-refractivity contribution in [2.45, 2.75) is 38.7 Å². The first-order chi connectivity index (χ1) is 6.67. The van der Waals surface area contributed by atoms with Crippen LogP contribution in [0.2, 0.25) is 0 Å². The van der Waals surface area contributed by atoms with Gasteiger partial charge in [-0.2, -0.15) is 0 Å². The molecule has 3 nitrogen and oxygen atoms in total. The third kappa shape index (κ3) is 3.31. The summed E-state index contributed by atoms with van der Waals surface area (Å²) in [7, 11) is 0. The van der Waals surface area contributed by atoms with Gasteiger partial charge in [0.05, 0.1) is 6.61 Å². The van der Waals surface area contributed by atoms with Crippen molar-refractivity contribution in [1.82, 2.24) is 5.32 Å². The van der Waals surface area contributed by atoms with Gasteiger partial charge in [0.2, 0.25) is 0 Å². The van der Waals surface area contributed by atoms with E-state index in [-0.39, 0.29) is 0 Å². The molecule has 0 aromatic carbocycles. The van der Waals surface area contributed by atoms with Crippen molar-refractivity contribution in [1.29, 1.82) is 0 Å². The van der Waals surface area contributed by atoms with Crippen molar-refractivity contribution in [2.24, 2.45) is 0 Å². The lowest BCUT2D eigenvalue weighted by molar-refractivity contribution is 0.0281. The summed E-state index contributed by atoms with van der Waals surface area (Å²) in [6.07, 6.45) is 4.74. The van der Waals surface area contributed by atoms with Crippen LogP contribution in [0.5, 0.6) is 0 Å². The second-order valence-corrected chi connectivity index (χ2v) is 3.98. The van der Waals surface area contributed by atoms with E-state index in [1.807, 2.05) is 13.0 Å². The molecule has 1 atom stereocenters.